The fourth-order valence-electron chi connectivity index (χ4n) is 4.44. The molecule has 3 rings (SSSR count). The minimum Gasteiger partial charge on any atom is -0.449 e. The van der Waals surface area contributed by atoms with Crippen LogP contribution in [0.15, 0.2) is 23.1 Å². The summed E-state index contributed by atoms with van der Waals surface area (Å²) in [4.78, 5) is 27.4. The highest BCUT2D eigenvalue weighted by Crippen LogP contribution is 2.27. The van der Waals surface area contributed by atoms with Crippen molar-refractivity contribution in [2.24, 2.45) is 0 Å². The van der Waals surface area contributed by atoms with Crippen LogP contribution in [0.5, 0.6) is 0 Å². The van der Waals surface area contributed by atoms with Gasteiger partial charge in [0.1, 0.15) is 0 Å². The maximum absolute atomic E-state index is 13.2. The average Bonchev–Trinajstić information content (AvgIpc) is 2.72. The molecule has 0 bridgehead atoms. The second kappa shape index (κ2) is 9.89. The van der Waals surface area contributed by atoms with Crippen molar-refractivity contribution >= 4 is 21.9 Å². The lowest BCUT2D eigenvalue weighted by atomic mass is 10.1. The normalized spacial score (nSPS) is 25.9. The average molecular weight is 467 g/mol. The third kappa shape index (κ3) is 5.32. The summed E-state index contributed by atoms with van der Waals surface area (Å²) in [6, 6.07) is 4.41. The number of sulfonamides is 1. The van der Waals surface area contributed by atoms with Crippen LogP contribution in [-0.2, 0) is 24.3 Å². The molecule has 4 unspecified atom stereocenters. The van der Waals surface area contributed by atoms with Crippen LogP contribution in [0, 0.1) is 6.92 Å². The SMILES string of the molecule is Cc1ccc(S(=O)(=O)N2CCCCC2C)cc1C(=O)OC(C)C(=O)N1CC(C)OC(C)C1. The zero-order valence-corrected chi connectivity index (χ0v) is 20.4. The Morgan fingerprint density at radius 1 is 1.12 bits per heavy atom. The van der Waals surface area contributed by atoms with E-state index in [2.05, 4.69) is 0 Å². The number of aryl methyl sites for hydroxylation is 1. The Balaban J connectivity index is 1.76. The van der Waals surface area contributed by atoms with Crippen molar-refractivity contribution in [3.63, 3.8) is 0 Å². The molecule has 0 N–H and O–H groups in total. The second-order valence-electron chi connectivity index (χ2n) is 8.99. The van der Waals surface area contributed by atoms with Gasteiger partial charge in [-0.2, -0.15) is 4.31 Å². The summed E-state index contributed by atoms with van der Waals surface area (Å²) in [5.41, 5.74) is 0.744. The highest BCUT2D eigenvalue weighted by atomic mass is 32.2. The topological polar surface area (TPSA) is 93.2 Å². The first-order valence-corrected chi connectivity index (χ1v) is 12.7. The van der Waals surface area contributed by atoms with E-state index in [1.54, 1.807) is 17.9 Å². The first-order valence-electron chi connectivity index (χ1n) is 11.3. The largest absolute Gasteiger partial charge is 0.449 e. The number of morpholine rings is 1. The first kappa shape index (κ1) is 24.7. The fraction of sp³-hybridized carbons (Fsp3) is 0.652. The minimum absolute atomic E-state index is 0.0682. The van der Waals surface area contributed by atoms with Crippen LogP contribution in [0.25, 0.3) is 0 Å². The molecule has 2 saturated heterocycles. The Hall–Kier alpha value is -1.97. The highest BCUT2D eigenvalue weighted by Gasteiger charge is 2.33. The van der Waals surface area contributed by atoms with Crippen LogP contribution < -0.4 is 0 Å². The van der Waals surface area contributed by atoms with Crippen LogP contribution >= 0.6 is 0 Å². The highest BCUT2D eigenvalue weighted by molar-refractivity contribution is 7.89. The van der Waals surface area contributed by atoms with Gasteiger partial charge in [-0.3, -0.25) is 4.79 Å². The number of benzene rings is 1. The van der Waals surface area contributed by atoms with E-state index < -0.39 is 22.1 Å². The van der Waals surface area contributed by atoms with Crippen molar-refractivity contribution in [2.45, 2.75) is 83.1 Å². The number of ether oxygens (including phenoxy) is 2. The van der Waals surface area contributed by atoms with Crippen LogP contribution in [-0.4, -0.2) is 73.5 Å². The van der Waals surface area contributed by atoms with Crippen LogP contribution in [0.1, 0.15) is 62.9 Å². The van der Waals surface area contributed by atoms with Gasteiger partial charge < -0.3 is 14.4 Å². The predicted molar refractivity (Wildman–Crippen MR) is 120 cm³/mol. The summed E-state index contributed by atoms with van der Waals surface area (Å²) in [6.07, 6.45) is 1.48. The fourth-order valence-corrected chi connectivity index (χ4v) is 6.16. The summed E-state index contributed by atoms with van der Waals surface area (Å²) in [5, 5.41) is 0. The number of piperidine rings is 1. The van der Waals surface area contributed by atoms with E-state index in [0.29, 0.717) is 25.2 Å². The van der Waals surface area contributed by atoms with Crippen molar-refractivity contribution in [3.05, 3.63) is 29.3 Å². The lowest BCUT2D eigenvalue weighted by molar-refractivity contribution is -0.151. The Kier molecular flexibility index (Phi) is 7.62. The lowest BCUT2D eigenvalue weighted by Gasteiger charge is -2.36. The molecule has 1 aromatic carbocycles. The number of nitrogens with zero attached hydrogens (tertiary/aromatic N) is 2. The van der Waals surface area contributed by atoms with Crippen molar-refractivity contribution < 1.29 is 27.5 Å². The van der Waals surface area contributed by atoms with E-state index in [1.165, 1.54) is 23.4 Å². The molecule has 2 aliphatic rings. The molecule has 9 heteroatoms. The summed E-state index contributed by atoms with van der Waals surface area (Å²) in [7, 11) is -3.72. The van der Waals surface area contributed by atoms with Gasteiger partial charge in [-0.15, -0.1) is 0 Å². The molecular weight excluding hydrogens is 432 g/mol. The molecule has 0 aromatic heterocycles. The zero-order valence-electron chi connectivity index (χ0n) is 19.5. The summed E-state index contributed by atoms with van der Waals surface area (Å²) in [6.45, 7) is 10.3. The van der Waals surface area contributed by atoms with Crippen LogP contribution in [0.2, 0.25) is 0 Å². The summed E-state index contributed by atoms with van der Waals surface area (Å²) >= 11 is 0. The number of rotatable bonds is 5. The van der Waals surface area contributed by atoms with Gasteiger partial charge >= 0.3 is 5.97 Å². The quantitative estimate of drug-likeness (QED) is 0.620. The van der Waals surface area contributed by atoms with Crippen LogP contribution in [0.3, 0.4) is 0 Å². The smallest absolute Gasteiger partial charge is 0.339 e. The Labute approximate surface area is 190 Å². The molecule has 8 nitrogen and oxygen atoms in total. The molecular formula is C23H34N2O6S. The lowest BCUT2D eigenvalue weighted by Crippen LogP contribution is -2.51. The van der Waals surface area contributed by atoms with Crippen molar-refractivity contribution in [3.8, 4) is 0 Å². The maximum atomic E-state index is 13.2. The number of hydrogen-bond donors (Lipinski definition) is 0. The number of carbonyl (C=O) groups is 2. The van der Waals surface area contributed by atoms with Gasteiger partial charge in [0, 0.05) is 25.7 Å². The standard InChI is InChI=1S/C23H34N2O6S/c1-15-9-10-20(32(28,29)25-11-7-6-8-16(25)2)12-21(15)23(27)31-19(5)22(26)24-13-17(3)30-18(4)14-24/h9-10,12,16-19H,6-8,11,13-14H2,1-5H3. The third-order valence-corrected chi connectivity index (χ3v) is 8.15. The van der Waals surface area contributed by atoms with E-state index in [9.17, 15) is 18.0 Å². The van der Waals surface area contributed by atoms with Crippen LogP contribution in [0.4, 0.5) is 0 Å². The molecule has 4 atom stereocenters. The van der Waals surface area contributed by atoms with E-state index >= 15 is 0 Å². The van der Waals surface area contributed by atoms with E-state index in [-0.39, 0.29) is 34.6 Å². The van der Waals surface area contributed by atoms with Gasteiger partial charge in [-0.05, 0) is 65.2 Å². The second-order valence-corrected chi connectivity index (χ2v) is 10.9. The molecule has 2 heterocycles. The molecule has 178 valence electrons. The molecule has 1 amide bonds. The van der Waals surface area contributed by atoms with Crippen molar-refractivity contribution in [1.29, 1.82) is 0 Å². The van der Waals surface area contributed by atoms with Gasteiger partial charge in [-0.25, -0.2) is 13.2 Å². The number of carbonyl (C=O) groups excluding carboxylic acids is 2. The summed E-state index contributed by atoms with van der Waals surface area (Å²) < 4.78 is 39.0. The molecule has 0 saturated carbocycles. The third-order valence-electron chi connectivity index (χ3n) is 6.14. The molecule has 0 aliphatic carbocycles. The van der Waals surface area contributed by atoms with E-state index in [4.69, 9.17) is 9.47 Å². The van der Waals surface area contributed by atoms with Crippen molar-refractivity contribution in [1.82, 2.24) is 9.21 Å². The van der Waals surface area contributed by atoms with Gasteiger partial charge in [-0.1, -0.05) is 12.5 Å². The van der Waals surface area contributed by atoms with Gasteiger partial charge in [0.25, 0.3) is 5.91 Å². The zero-order chi connectivity index (χ0) is 23.6. The predicted octanol–water partition coefficient (Wildman–Crippen LogP) is 2.74. The molecule has 0 spiro atoms. The summed E-state index contributed by atoms with van der Waals surface area (Å²) in [5.74, 6) is -0.995. The number of esters is 1. The van der Waals surface area contributed by atoms with Gasteiger partial charge in [0.05, 0.1) is 22.7 Å². The van der Waals surface area contributed by atoms with E-state index in [0.717, 1.165) is 19.3 Å². The van der Waals surface area contributed by atoms with Crippen molar-refractivity contribution in [2.75, 3.05) is 19.6 Å². The molecule has 32 heavy (non-hydrogen) atoms. The molecule has 0 radical (unpaired) electrons. The Morgan fingerprint density at radius 3 is 2.41 bits per heavy atom. The maximum Gasteiger partial charge on any atom is 0.339 e. The number of hydrogen-bond acceptors (Lipinski definition) is 6. The van der Waals surface area contributed by atoms with Gasteiger partial charge in [0.15, 0.2) is 6.10 Å². The van der Waals surface area contributed by atoms with Gasteiger partial charge in [0.2, 0.25) is 10.0 Å². The van der Waals surface area contributed by atoms with E-state index in [1.807, 2.05) is 20.8 Å². The molecule has 2 aliphatic heterocycles. The Morgan fingerprint density at radius 2 is 1.78 bits per heavy atom. The minimum atomic E-state index is -3.72. The monoisotopic (exact) mass is 466 g/mol. The molecule has 1 aromatic rings. The molecule has 2 fully saturated rings. The number of amides is 1. The Bertz CT molecular complexity index is 953. The first-order chi connectivity index (χ1) is 15.0.